The van der Waals surface area contributed by atoms with Gasteiger partial charge >= 0.3 is 0 Å². The molecule has 178 valence electrons. The summed E-state index contributed by atoms with van der Waals surface area (Å²) >= 11 is 0. The lowest BCUT2D eigenvalue weighted by Crippen LogP contribution is -2.26. The summed E-state index contributed by atoms with van der Waals surface area (Å²) in [5, 5.41) is 5.74. The predicted molar refractivity (Wildman–Crippen MR) is 130 cm³/mol. The number of rotatable bonds is 7. The van der Waals surface area contributed by atoms with Gasteiger partial charge in [0.25, 0.3) is 11.8 Å². The molecule has 0 fully saturated rings. The minimum Gasteiger partial charge on any atom is -0.490 e. The number of amides is 2. The molecule has 0 aliphatic carbocycles. The molecule has 0 unspecified atom stereocenters. The van der Waals surface area contributed by atoms with E-state index in [-0.39, 0.29) is 25.2 Å². The Kier molecular flexibility index (Phi) is 6.26. The van der Waals surface area contributed by atoms with E-state index in [2.05, 4.69) is 10.6 Å². The minimum atomic E-state index is -0.339. The SMILES string of the molecule is CCOc1cccc2c1OCC(C(=O)Nc1ccccc1C(=O)NCc1ccc3c(c1)OCO3)=C2. The van der Waals surface area contributed by atoms with E-state index in [9.17, 15) is 9.59 Å². The van der Waals surface area contributed by atoms with E-state index in [1.165, 1.54) is 0 Å². The molecule has 0 atom stereocenters. The summed E-state index contributed by atoms with van der Waals surface area (Å²) in [6, 6.07) is 17.9. The van der Waals surface area contributed by atoms with Crippen LogP contribution in [0.3, 0.4) is 0 Å². The average Bonchev–Trinajstić information content (AvgIpc) is 3.35. The molecule has 2 aliphatic heterocycles. The Hall–Kier alpha value is -4.46. The fraction of sp³-hybridized carbons (Fsp3) is 0.185. The number of carbonyl (C=O) groups excluding carboxylic acids is 2. The van der Waals surface area contributed by atoms with Crippen molar-refractivity contribution in [3.05, 3.63) is 82.9 Å². The third-order valence-electron chi connectivity index (χ3n) is 5.61. The van der Waals surface area contributed by atoms with Crippen molar-refractivity contribution in [1.29, 1.82) is 0 Å². The van der Waals surface area contributed by atoms with Crippen LogP contribution in [0.1, 0.15) is 28.4 Å². The van der Waals surface area contributed by atoms with Crippen LogP contribution in [0, 0.1) is 0 Å². The summed E-state index contributed by atoms with van der Waals surface area (Å²) in [6.45, 7) is 3.01. The highest BCUT2D eigenvalue weighted by Gasteiger charge is 2.22. The molecule has 2 N–H and O–H groups in total. The first kappa shape index (κ1) is 22.3. The summed E-state index contributed by atoms with van der Waals surface area (Å²) in [7, 11) is 0. The topological polar surface area (TPSA) is 95.1 Å². The van der Waals surface area contributed by atoms with Gasteiger partial charge in [-0.25, -0.2) is 0 Å². The number of hydrogen-bond acceptors (Lipinski definition) is 6. The van der Waals surface area contributed by atoms with Crippen LogP contribution in [-0.2, 0) is 11.3 Å². The van der Waals surface area contributed by atoms with Crippen LogP contribution < -0.4 is 29.6 Å². The van der Waals surface area contributed by atoms with Crippen LogP contribution in [0.5, 0.6) is 23.0 Å². The smallest absolute Gasteiger partial charge is 0.255 e. The molecule has 0 bridgehead atoms. The maximum Gasteiger partial charge on any atom is 0.255 e. The van der Waals surface area contributed by atoms with E-state index in [0.717, 1.165) is 11.1 Å². The molecule has 8 nitrogen and oxygen atoms in total. The van der Waals surface area contributed by atoms with E-state index in [0.29, 0.717) is 53.0 Å². The van der Waals surface area contributed by atoms with Crippen LogP contribution in [0.15, 0.2) is 66.2 Å². The van der Waals surface area contributed by atoms with E-state index >= 15 is 0 Å². The van der Waals surface area contributed by atoms with Crippen LogP contribution in [0.4, 0.5) is 5.69 Å². The van der Waals surface area contributed by atoms with Crippen molar-refractivity contribution < 1.29 is 28.5 Å². The summed E-state index contributed by atoms with van der Waals surface area (Å²) < 4.78 is 22.1. The molecular formula is C27H24N2O6. The number of hydrogen-bond donors (Lipinski definition) is 2. The van der Waals surface area contributed by atoms with Crippen LogP contribution in [-0.4, -0.2) is 31.8 Å². The van der Waals surface area contributed by atoms with Crippen molar-refractivity contribution in [3.63, 3.8) is 0 Å². The lowest BCUT2D eigenvalue weighted by molar-refractivity contribution is -0.113. The summed E-state index contributed by atoms with van der Waals surface area (Å²) in [4.78, 5) is 25.9. The second-order valence-electron chi connectivity index (χ2n) is 7.94. The number of carbonyl (C=O) groups is 2. The van der Waals surface area contributed by atoms with Gasteiger partial charge in [-0.05, 0) is 48.9 Å². The van der Waals surface area contributed by atoms with E-state index < -0.39 is 0 Å². The van der Waals surface area contributed by atoms with Gasteiger partial charge in [-0.2, -0.15) is 0 Å². The van der Waals surface area contributed by atoms with Gasteiger partial charge in [0.15, 0.2) is 23.0 Å². The molecule has 2 heterocycles. The number of nitrogens with one attached hydrogen (secondary N) is 2. The highest BCUT2D eigenvalue weighted by atomic mass is 16.7. The highest BCUT2D eigenvalue weighted by Crippen LogP contribution is 2.36. The third-order valence-corrected chi connectivity index (χ3v) is 5.61. The van der Waals surface area contributed by atoms with E-state index in [1.807, 2.05) is 43.3 Å². The van der Waals surface area contributed by atoms with Crippen molar-refractivity contribution in [2.24, 2.45) is 0 Å². The molecular weight excluding hydrogens is 448 g/mol. The van der Waals surface area contributed by atoms with Gasteiger partial charge in [0.05, 0.1) is 23.4 Å². The zero-order valence-electron chi connectivity index (χ0n) is 19.1. The highest BCUT2D eigenvalue weighted by molar-refractivity contribution is 6.11. The van der Waals surface area contributed by atoms with Crippen molar-refractivity contribution >= 4 is 23.6 Å². The van der Waals surface area contributed by atoms with Gasteiger partial charge in [-0.3, -0.25) is 9.59 Å². The fourth-order valence-electron chi connectivity index (χ4n) is 3.90. The fourth-order valence-corrected chi connectivity index (χ4v) is 3.90. The molecule has 2 aliphatic rings. The van der Waals surface area contributed by atoms with Crippen molar-refractivity contribution in [2.45, 2.75) is 13.5 Å². The Morgan fingerprint density at radius 2 is 1.80 bits per heavy atom. The molecule has 0 spiro atoms. The monoisotopic (exact) mass is 472 g/mol. The zero-order valence-corrected chi connectivity index (χ0v) is 19.1. The second kappa shape index (κ2) is 9.80. The van der Waals surface area contributed by atoms with Crippen LogP contribution in [0.2, 0.25) is 0 Å². The standard InChI is InChI=1S/C27H24N2O6/c1-2-32-23-9-5-6-18-13-19(15-33-25(18)23)26(30)29-21-8-4-3-7-20(21)27(31)28-14-17-10-11-22-24(12-17)35-16-34-22/h3-13H,2,14-16H2,1H3,(H,28,31)(H,29,30). The number of ether oxygens (including phenoxy) is 4. The first-order valence-corrected chi connectivity index (χ1v) is 11.3. The lowest BCUT2D eigenvalue weighted by atomic mass is 10.1. The van der Waals surface area contributed by atoms with Gasteiger partial charge in [0, 0.05) is 12.1 Å². The van der Waals surface area contributed by atoms with Crippen LogP contribution >= 0.6 is 0 Å². The quantitative estimate of drug-likeness (QED) is 0.536. The zero-order chi connectivity index (χ0) is 24.2. The largest absolute Gasteiger partial charge is 0.490 e. The van der Waals surface area contributed by atoms with Crippen molar-refractivity contribution in [3.8, 4) is 23.0 Å². The number of fused-ring (bicyclic) bond motifs is 2. The molecule has 8 heteroatoms. The maximum absolute atomic E-state index is 13.0. The molecule has 3 aromatic carbocycles. The first-order chi connectivity index (χ1) is 17.1. The molecule has 5 rings (SSSR count). The molecule has 3 aromatic rings. The maximum atomic E-state index is 13.0. The van der Waals surface area contributed by atoms with Gasteiger partial charge in [-0.1, -0.05) is 30.3 Å². The van der Waals surface area contributed by atoms with Gasteiger partial charge in [0.2, 0.25) is 6.79 Å². The Bertz CT molecular complexity index is 1320. The third kappa shape index (κ3) is 4.77. The van der Waals surface area contributed by atoms with Crippen molar-refractivity contribution in [2.75, 3.05) is 25.3 Å². The Morgan fingerprint density at radius 1 is 0.943 bits per heavy atom. The summed E-state index contributed by atoms with van der Waals surface area (Å²) in [5.74, 6) is 1.96. The lowest BCUT2D eigenvalue weighted by Gasteiger charge is -2.20. The molecule has 0 saturated heterocycles. The average molecular weight is 472 g/mol. The number of anilines is 1. The normalized spacial score (nSPS) is 13.2. The van der Waals surface area contributed by atoms with Gasteiger partial charge < -0.3 is 29.6 Å². The molecule has 35 heavy (non-hydrogen) atoms. The first-order valence-electron chi connectivity index (χ1n) is 11.3. The van der Waals surface area contributed by atoms with Crippen LogP contribution in [0.25, 0.3) is 6.08 Å². The Labute approximate surface area is 202 Å². The minimum absolute atomic E-state index is 0.0986. The van der Waals surface area contributed by atoms with E-state index in [4.69, 9.17) is 18.9 Å². The van der Waals surface area contributed by atoms with Gasteiger partial charge in [0.1, 0.15) is 6.61 Å². The molecule has 0 radical (unpaired) electrons. The van der Waals surface area contributed by atoms with E-state index in [1.54, 1.807) is 30.3 Å². The number of para-hydroxylation sites is 2. The Balaban J connectivity index is 1.28. The number of benzene rings is 3. The molecule has 2 amide bonds. The molecule has 0 aromatic heterocycles. The molecule has 0 saturated carbocycles. The Morgan fingerprint density at radius 3 is 2.69 bits per heavy atom. The predicted octanol–water partition coefficient (Wildman–Crippen LogP) is 4.16. The summed E-state index contributed by atoms with van der Waals surface area (Å²) in [6.07, 6.45) is 1.78. The van der Waals surface area contributed by atoms with Gasteiger partial charge in [-0.15, -0.1) is 0 Å². The van der Waals surface area contributed by atoms with Crippen molar-refractivity contribution in [1.82, 2.24) is 5.32 Å². The summed E-state index contributed by atoms with van der Waals surface area (Å²) in [5.41, 5.74) is 2.86. The second-order valence-corrected chi connectivity index (χ2v) is 7.94.